The van der Waals surface area contributed by atoms with Gasteiger partial charge in [0.1, 0.15) is 12.8 Å². The number of halogens is 1. The molecule has 0 aromatic carbocycles. The Morgan fingerprint density at radius 2 is 2.12 bits per heavy atom. The van der Waals surface area contributed by atoms with Gasteiger partial charge < -0.3 is 9.84 Å². The quantitative estimate of drug-likeness (QED) is 0.791. The lowest BCUT2D eigenvalue weighted by Crippen LogP contribution is -2.40. The Hall–Kier alpha value is -0.680. The molecule has 1 fully saturated rings. The molecule has 1 heterocycles. The van der Waals surface area contributed by atoms with Crippen LogP contribution in [0.2, 0.25) is 0 Å². The van der Waals surface area contributed by atoms with Crippen LogP contribution in [0.5, 0.6) is 0 Å². The normalized spacial score (nSPS) is 27.2. The van der Waals surface area contributed by atoms with Crippen LogP contribution in [0.3, 0.4) is 0 Å². The van der Waals surface area contributed by atoms with Gasteiger partial charge in [0.25, 0.3) is 0 Å². The average molecular weight is 233 g/mol. The lowest BCUT2D eigenvalue weighted by atomic mass is 10.1. The second-order valence-electron chi connectivity index (χ2n) is 5.26. The summed E-state index contributed by atoms with van der Waals surface area (Å²) in [5, 5.41) is 8.41. The van der Waals surface area contributed by atoms with Crippen molar-refractivity contribution in [3.05, 3.63) is 0 Å². The van der Waals surface area contributed by atoms with Gasteiger partial charge in [-0.15, -0.1) is 0 Å². The minimum atomic E-state index is -1.01. The first-order valence-corrected chi connectivity index (χ1v) is 5.49. The maximum atomic E-state index is 13.6. The fourth-order valence-electron chi connectivity index (χ4n) is 1.83. The van der Waals surface area contributed by atoms with Crippen LogP contribution in [0.1, 0.15) is 20.8 Å². The highest BCUT2D eigenvalue weighted by atomic mass is 19.1. The molecule has 0 aromatic heterocycles. The zero-order valence-electron chi connectivity index (χ0n) is 10.1. The number of carboxylic acid groups (broad SMARTS) is 1. The molecule has 1 N–H and O–H groups in total. The molecule has 2 unspecified atom stereocenters. The largest absolute Gasteiger partial charge is 0.480 e. The zero-order chi connectivity index (χ0) is 12.3. The summed E-state index contributed by atoms with van der Waals surface area (Å²) in [6.07, 6.45) is -0.923. The van der Waals surface area contributed by atoms with Crippen molar-refractivity contribution in [3.63, 3.8) is 0 Å². The van der Waals surface area contributed by atoms with Crippen molar-refractivity contribution in [1.29, 1.82) is 0 Å². The monoisotopic (exact) mass is 233 g/mol. The predicted molar refractivity (Wildman–Crippen MR) is 58.2 cm³/mol. The lowest BCUT2D eigenvalue weighted by Gasteiger charge is -2.31. The number of hydrogen-bond donors (Lipinski definition) is 1. The Morgan fingerprint density at radius 3 is 2.56 bits per heavy atom. The summed E-state index contributed by atoms with van der Waals surface area (Å²) in [5.74, 6) is -1.22. The van der Waals surface area contributed by atoms with E-state index in [-0.39, 0.29) is 24.7 Å². The number of aliphatic carboxylic acids is 1. The highest BCUT2D eigenvalue weighted by molar-refractivity contribution is 5.67. The van der Waals surface area contributed by atoms with E-state index in [0.29, 0.717) is 13.1 Å². The molecule has 16 heavy (non-hydrogen) atoms. The van der Waals surface area contributed by atoms with E-state index in [1.54, 1.807) is 0 Å². The van der Waals surface area contributed by atoms with E-state index in [0.717, 1.165) is 0 Å². The number of carbonyl (C=O) groups is 1. The van der Waals surface area contributed by atoms with Crippen LogP contribution in [0, 0.1) is 5.92 Å². The van der Waals surface area contributed by atoms with Gasteiger partial charge >= 0.3 is 5.97 Å². The van der Waals surface area contributed by atoms with Gasteiger partial charge in [0.05, 0.1) is 6.61 Å². The Balaban J connectivity index is 2.37. The van der Waals surface area contributed by atoms with Gasteiger partial charge in [-0.1, -0.05) is 0 Å². The molecule has 5 heteroatoms. The average Bonchev–Trinajstić information content (AvgIpc) is 2.46. The molecule has 1 rings (SSSR count). The van der Waals surface area contributed by atoms with Gasteiger partial charge in [-0.05, 0) is 20.8 Å². The van der Waals surface area contributed by atoms with Crippen LogP contribution in [0.25, 0.3) is 0 Å². The number of carboxylic acids is 1. The smallest absolute Gasteiger partial charge is 0.329 e. The van der Waals surface area contributed by atoms with Crippen molar-refractivity contribution < 1.29 is 19.0 Å². The van der Waals surface area contributed by atoms with E-state index in [1.807, 2.05) is 20.8 Å². The third-order valence-electron chi connectivity index (χ3n) is 2.87. The predicted octanol–water partition coefficient (Wildman–Crippen LogP) is 1.16. The number of rotatable bonds is 4. The first-order chi connectivity index (χ1) is 7.30. The molecule has 1 aliphatic rings. The van der Waals surface area contributed by atoms with Crippen molar-refractivity contribution in [2.45, 2.75) is 32.5 Å². The molecule has 0 bridgehead atoms. The van der Waals surface area contributed by atoms with Crippen LogP contribution in [-0.2, 0) is 9.53 Å². The Labute approximate surface area is 95.4 Å². The molecule has 0 spiro atoms. The van der Waals surface area contributed by atoms with Gasteiger partial charge in [0.2, 0.25) is 0 Å². The first kappa shape index (κ1) is 13.4. The van der Waals surface area contributed by atoms with Gasteiger partial charge in [-0.2, -0.15) is 0 Å². The summed E-state index contributed by atoms with van der Waals surface area (Å²) >= 11 is 0. The summed E-state index contributed by atoms with van der Waals surface area (Å²) in [4.78, 5) is 12.3. The topological polar surface area (TPSA) is 49.8 Å². The van der Waals surface area contributed by atoms with E-state index < -0.39 is 12.1 Å². The van der Waals surface area contributed by atoms with E-state index in [9.17, 15) is 9.18 Å². The molecule has 0 radical (unpaired) electrons. The van der Waals surface area contributed by atoms with E-state index in [1.165, 1.54) is 0 Å². The molecule has 2 atom stereocenters. The lowest BCUT2D eigenvalue weighted by molar-refractivity contribution is -0.142. The van der Waals surface area contributed by atoms with Crippen LogP contribution in [0.4, 0.5) is 4.39 Å². The maximum absolute atomic E-state index is 13.6. The number of nitrogens with zero attached hydrogens (tertiary/aromatic N) is 1. The molecular formula is C11H20FNO3. The number of alkyl halides is 1. The molecule has 0 amide bonds. The molecule has 1 saturated heterocycles. The van der Waals surface area contributed by atoms with Gasteiger partial charge in [-0.25, -0.2) is 9.18 Å². The van der Waals surface area contributed by atoms with Crippen LogP contribution < -0.4 is 0 Å². The van der Waals surface area contributed by atoms with Crippen molar-refractivity contribution in [2.75, 3.05) is 26.3 Å². The number of likely N-dealkylation sites (tertiary alicyclic amines) is 1. The molecule has 0 saturated carbocycles. The van der Waals surface area contributed by atoms with Gasteiger partial charge in [0.15, 0.2) is 0 Å². The van der Waals surface area contributed by atoms with Crippen LogP contribution in [0.15, 0.2) is 0 Å². The van der Waals surface area contributed by atoms with E-state index in [2.05, 4.69) is 4.90 Å². The molecule has 94 valence electrons. The summed E-state index contributed by atoms with van der Waals surface area (Å²) in [7, 11) is 0. The maximum Gasteiger partial charge on any atom is 0.329 e. The summed E-state index contributed by atoms with van der Waals surface area (Å²) in [5.41, 5.74) is -0.0497. The summed E-state index contributed by atoms with van der Waals surface area (Å²) in [6.45, 7) is 6.99. The molecule has 1 aliphatic heterocycles. The SMILES string of the molecule is CC(C)(C)N1CC(F)C(COCC(=O)O)C1. The molecular weight excluding hydrogens is 213 g/mol. The molecule has 0 aromatic rings. The Kier molecular flexibility index (Phi) is 4.27. The molecule has 0 aliphatic carbocycles. The minimum absolute atomic E-state index is 0.0497. The second kappa shape index (κ2) is 5.10. The summed E-state index contributed by atoms with van der Waals surface area (Å²) in [6, 6.07) is 0. The number of hydrogen-bond acceptors (Lipinski definition) is 3. The first-order valence-electron chi connectivity index (χ1n) is 5.49. The van der Waals surface area contributed by atoms with Gasteiger partial charge in [-0.3, -0.25) is 4.90 Å². The minimum Gasteiger partial charge on any atom is -0.480 e. The van der Waals surface area contributed by atoms with E-state index >= 15 is 0 Å². The van der Waals surface area contributed by atoms with E-state index in [4.69, 9.17) is 9.84 Å². The third-order valence-corrected chi connectivity index (χ3v) is 2.87. The molecule has 4 nitrogen and oxygen atoms in total. The second-order valence-corrected chi connectivity index (χ2v) is 5.26. The zero-order valence-corrected chi connectivity index (χ0v) is 10.1. The highest BCUT2D eigenvalue weighted by Gasteiger charge is 2.37. The fraction of sp³-hybridized carbons (Fsp3) is 0.909. The number of ether oxygens (including phenoxy) is 1. The van der Waals surface area contributed by atoms with Crippen molar-refractivity contribution in [1.82, 2.24) is 4.90 Å². The van der Waals surface area contributed by atoms with Crippen molar-refractivity contribution >= 4 is 5.97 Å². The highest BCUT2D eigenvalue weighted by Crippen LogP contribution is 2.26. The third kappa shape index (κ3) is 3.72. The van der Waals surface area contributed by atoms with Crippen LogP contribution in [-0.4, -0.2) is 54.0 Å². The summed E-state index contributed by atoms with van der Waals surface area (Å²) < 4.78 is 18.6. The Bertz CT molecular complexity index is 252. The van der Waals surface area contributed by atoms with Crippen molar-refractivity contribution in [2.24, 2.45) is 5.92 Å². The standard InChI is InChI=1S/C11H20FNO3/c1-11(2,3)13-4-8(9(12)5-13)6-16-7-10(14)15/h8-9H,4-7H2,1-3H3,(H,14,15). The van der Waals surface area contributed by atoms with Crippen LogP contribution >= 0.6 is 0 Å². The Morgan fingerprint density at radius 1 is 1.50 bits per heavy atom. The van der Waals surface area contributed by atoms with Gasteiger partial charge in [0, 0.05) is 24.5 Å². The fourth-order valence-corrected chi connectivity index (χ4v) is 1.83. The van der Waals surface area contributed by atoms with Crippen molar-refractivity contribution in [3.8, 4) is 0 Å².